The smallest absolute Gasteiger partial charge is 0.226 e. The molecule has 3 heterocycles. The number of carbonyl (C=O) groups is 1. The monoisotopic (exact) mass is 389 g/mol. The molecule has 1 aliphatic heterocycles. The van der Waals surface area contributed by atoms with Crippen molar-refractivity contribution < 1.29 is 13.6 Å². The van der Waals surface area contributed by atoms with Gasteiger partial charge in [-0.05, 0) is 29.8 Å². The molecule has 0 saturated heterocycles. The molecule has 0 saturated carbocycles. The summed E-state index contributed by atoms with van der Waals surface area (Å²) in [7, 11) is 0. The van der Waals surface area contributed by atoms with E-state index in [0.29, 0.717) is 22.4 Å². The van der Waals surface area contributed by atoms with Gasteiger partial charge in [0.15, 0.2) is 0 Å². The third-order valence-electron chi connectivity index (χ3n) is 4.11. The van der Waals surface area contributed by atoms with Gasteiger partial charge in [-0.3, -0.25) is 4.79 Å². The highest BCUT2D eigenvalue weighted by atomic mass is 79.9. The average Bonchev–Trinajstić information content (AvgIpc) is 3.18. The van der Waals surface area contributed by atoms with Gasteiger partial charge in [-0.1, -0.05) is 22.0 Å². The number of aromatic nitrogens is 2. The molecule has 1 amide bonds. The zero-order valence-electron chi connectivity index (χ0n) is 12.5. The maximum atomic E-state index is 14.4. The largest absolute Gasteiger partial charge is 0.467 e. The van der Waals surface area contributed by atoms with E-state index in [0.717, 1.165) is 11.3 Å². The van der Waals surface area contributed by atoms with E-state index in [1.165, 1.54) is 6.07 Å². The number of carbonyl (C=O) groups excluding carboxylic acids is 1. The number of hydrogen-bond donors (Lipinski definition) is 1. The molecule has 1 atom stereocenters. The number of halogens is 2. The molecule has 3 aromatic rings. The Kier molecular flexibility index (Phi) is 3.72. The van der Waals surface area contributed by atoms with Crippen molar-refractivity contribution in [2.75, 3.05) is 5.32 Å². The maximum absolute atomic E-state index is 14.4. The van der Waals surface area contributed by atoms with Gasteiger partial charge in [-0.2, -0.15) is 5.10 Å². The fourth-order valence-electron chi connectivity index (χ4n) is 3.00. The molecule has 0 fully saturated rings. The minimum atomic E-state index is -0.354. The number of rotatable bonds is 3. The summed E-state index contributed by atoms with van der Waals surface area (Å²) >= 11 is 3.26. The van der Waals surface area contributed by atoms with E-state index in [1.807, 2.05) is 6.07 Å². The second-order valence-corrected chi connectivity index (χ2v) is 6.57. The first kappa shape index (κ1) is 15.1. The van der Waals surface area contributed by atoms with Crippen molar-refractivity contribution in [1.29, 1.82) is 0 Å². The predicted molar refractivity (Wildman–Crippen MR) is 89.2 cm³/mol. The van der Waals surface area contributed by atoms with Crippen LogP contribution < -0.4 is 5.32 Å². The molecule has 0 bridgehead atoms. The van der Waals surface area contributed by atoms with E-state index in [9.17, 15) is 9.18 Å². The van der Waals surface area contributed by atoms with E-state index >= 15 is 0 Å². The van der Waals surface area contributed by atoms with E-state index in [1.54, 1.807) is 35.3 Å². The predicted octanol–water partition coefficient (Wildman–Crippen LogP) is 3.90. The van der Waals surface area contributed by atoms with Crippen molar-refractivity contribution in [1.82, 2.24) is 9.78 Å². The van der Waals surface area contributed by atoms with Crippen LogP contribution in [0.1, 0.15) is 29.2 Å². The second kappa shape index (κ2) is 5.90. The first-order chi connectivity index (χ1) is 11.6. The highest BCUT2D eigenvalue weighted by Crippen LogP contribution is 2.38. The highest BCUT2D eigenvalue weighted by molar-refractivity contribution is 9.10. The summed E-state index contributed by atoms with van der Waals surface area (Å²) in [6, 6.07) is 8.53. The van der Waals surface area contributed by atoms with Crippen molar-refractivity contribution >= 4 is 27.7 Å². The molecule has 1 aliphatic rings. The molecular formula is C17H13BrFN3O2. The third-order valence-corrected chi connectivity index (χ3v) is 4.61. The summed E-state index contributed by atoms with van der Waals surface area (Å²) < 4.78 is 22.0. The molecule has 1 aromatic carbocycles. The van der Waals surface area contributed by atoms with E-state index in [-0.39, 0.29) is 24.1 Å². The van der Waals surface area contributed by atoms with Crippen LogP contribution in [0.3, 0.4) is 0 Å². The number of nitrogens with one attached hydrogen (secondary N) is 1. The van der Waals surface area contributed by atoms with Crippen molar-refractivity contribution in [3.8, 4) is 0 Å². The molecule has 122 valence electrons. The van der Waals surface area contributed by atoms with Crippen LogP contribution in [0.15, 0.2) is 51.7 Å². The van der Waals surface area contributed by atoms with Gasteiger partial charge < -0.3 is 9.73 Å². The summed E-state index contributed by atoms with van der Waals surface area (Å²) in [6.07, 6.45) is 3.46. The van der Waals surface area contributed by atoms with Gasteiger partial charge in [-0.15, -0.1) is 0 Å². The fourth-order valence-corrected chi connectivity index (χ4v) is 3.33. The highest BCUT2D eigenvalue weighted by Gasteiger charge is 2.31. The molecule has 2 aromatic heterocycles. The number of furan rings is 1. The van der Waals surface area contributed by atoms with Gasteiger partial charge >= 0.3 is 0 Å². The van der Waals surface area contributed by atoms with Crippen LogP contribution in [0.4, 0.5) is 10.2 Å². The summed E-state index contributed by atoms with van der Waals surface area (Å²) in [5.41, 5.74) is 1.30. The lowest BCUT2D eigenvalue weighted by Crippen LogP contribution is -2.25. The number of amides is 1. The lowest BCUT2D eigenvalue weighted by molar-refractivity contribution is -0.116. The minimum absolute atomic E-state index is 0.156. The van der Waals surface area contributed by atoms with Crippen molar-refractivity contribution in [2.24, 2.45) is 0 Å². The topological polar surface area (TPSA) is 60.1 Å². The Labute approximate surface area is 145 Å². The summed E-state index contributed by atoms with van der Waals surface area (Å²) in [4.78, 5) is 12.1. The third kappa shape index (κ3) is 2.65. The van der Waals surface area contributed by atoms with Crippen LogP contribution >= 0.6 is 15.9 Å². The minimum Gasteiger partial charge on any atom is -0.467 e. The summed E-state index contributed by atoms with van der Waals surface area (Å²) in [6.45, 7) is 0.401. The van der Waals surface area contributed by atoms with Crippen LogP contribution in [-0.2, 0) is 11.3 Å². The number of nitrogens with zero attached hydrogens (tertiary/aromatic N) is 2. The Hall–Kier alpha value is -2.41. The Morgan fingerprint density at radius 1 is 1.38 bits per heavy atom. The van der Waals surface area contributed by atoms with Crippen LogP contribution in [0, 0.1) is 5.82 Å². The molecule has 7 heteroatoms. The van der Waals surface area contributed by atoms with Gasteiger partial charge in [-0.25, -0.2) is 9.07 Å². The average molecular weight is 390 g/mol. The lowest BCUT2D eigenvalue weighted by Gasteiger charge is -2.24. The molecule has 5 nitrogen and oxygen atoms in total. The van der Waals surface area contributed by atoms with Crippen molar-refractivity contribution in [3.63, 3.8) is 0 Å². The SMILES string of the molecule is O=C1C[C@@H](c2ccc(Br)cc2F)c2cnn(Cc3ccco3)c2N1. The van der Waals surface area contributed by atoms with Crippen LogP contribution in [0.2, 0.25) is 0 Å². The Morgan fingerprint density at radius 3 is 3.00 bits per heavy atom. The number of anilines is 1. The first-order valence-electron chi connectivity index (χ1n) is 7.44. The molecule has 24 heavy (non-hydrogen) atoms. The molecule has 4 rings (SSSR count). The van der Waals surface area contributed by atoms with Crippen LogP contribution in [0.5, 0.6) is 0 Å². The summed E-state index contributed by atoms with van der Waals surface area (Å²) in [5.74, 6) is 0.471. The number of fused-ring (bicyclic) bond motifs is 1. The van der Waals surface area contributed by atoms with E-state index < -0.39 is 0 Å². The van der Waals surface area contributed by atoms with E-state index in [2.05, 4.69) is 26.3 Å². The molecule has 0 aliphatic carbocycles. The van der Waals surface area contributed by atoms with Crippen molar-refractivity contribution in [3.05, 3.63) is 70.0 Å². The zero-order valence-corrected chi connectivity index (χ0v) is 14.1. The van der Waals surface area contributed by atoms with E-state index in [4.69, 9.17) is 4.42 Å². The molecular weight excluding hydrogens is 377 g/mol. The Balaban J connectivity index is 1.75. The summed E-state index contributed by atoms with van der Waals surface area (Å²) in [5, 5.41) is 7.18. The van der Waals surface area contributed by atoms with Gasteiger partial charge in [0, 0.05) is 22.4 Å². The Bertz CT molecular complexity index is 905. The van der Waals surface area contributed by atoms with Gasteiger partial charge in [0.05, 0.1) is 12.5 Å². The van der Waals surface area contributed by atoms with Crippen LogP contribution in [-0.4, -0.2) is 15.7 Å². The molecule has 0 spiro atoms. The zero-order chi connectivity index (χ0) is 16.7. The normalized spacial score (nSPS) is 16.8. The molecule has 1 N–H and O–H groups in total. The van der Waals surface area contributed by atoms with Crippen molar-refractivity contribution in [2.45, 2.75) is 18.9 Å². The lowest BCUT2D eigenvalue weighted by atomic mass is 9.87. The maximum Gasteiger partial charge on any atom is 0.226 e. The first-order valence-corrected chi connectivity index (χ1v) is 8.24. The fraction of sp³-hybridized carbons (Fsp3) is 0.176. The van der Waals surface area contributed by atoms with Gasteiger partial charge in [0.25, 0.3) is 0 Å². The molecule has 0 unspecified atom stereocenters. The van der Waals surface area contributed by atoms with Gasteiger partial charge in [0.1, 0.15) is 23.9 Å². The quantitative estimate of drug-likeness (QED) is 0.738. The number of benzene rings is 1. The number of hydrogen-bond acceptors (Lipinski definition) is 3. The Morgan fingerprint density at radius 2 is 2.25 bits per heavy atom. The molecule has 0 radical (unpaired) electrons. The second-order valence-electron chi connectivity index (χ2n) is 5.66. The van der Waals surface area contributed by atoms with Gasteiger partial charge in [0.2, 0.25) is 5.91 Å². The van der Waals surface area contributed by atoms with Crippen LogP contribution in [0.25, 0.3) is 0 Å². The standard InChI is InChI=1S/C17H13BrFN3O2/c18-10-3-4-12(15(19)6-10)13-7-16(23)21-17-14(13)8-20-22(17)9-11-2-1-5-24-11/h1-6,8,13H,7,9H2,(H,21,23)/t13-/m0/s1.